The van der Waals surface area contributed by atoms with Crippen molar-refractivity contribution >= 4 is 5.91 Å². The number of nitrogens with zero attached hydrogens (tertiary/aromatic N) is 1. The fourth-order valence-corrected chi connectivity index (χ4v) is 4.77. The minimum Gasteiger partial charge on any atom is -0.394 e. The summed E-state index contributed by atoms with van der Waals surface area (Å²) in [5, 5.41) is 16.4. The third kappa shape index (κ3) is 4.25. The van der Waals surface area contributed by atoms with Crippen molar-refractivity contribution < 1.29 is 9.90 Å². The molecule has 3 fully saturated rings. The van der Waals surface area contributed by atoms with Crippen LogP contribution in [0.5, 0.6) is 0 Å². The van der Waals surface area contributed by atoms with Gasteiger partial charge in [-0.3, -0.25) is 9.69 Å². The molecule has 0 unspecified atom stereocenters. The van der Waals surface area contributed by atoms with Crippen LogP contribution in [0.15, 0.2) is 0 Å². The van der Waals surface area contributed by atoms with E-state index >= 15 is 0 Å². The first-order valence-electron chi connectivity index (χ1n) is 9.67. The number of hydrogen-bond acceptors (Lipinski definition) is 4. The first-order chi connectivity index (χ1) is 11.3. The van der Waals surface area contributed by atoms with Crippen LogP contribution in [0.4, 0.5) is 0 Å². The zero-order valence-electron chi connectivity index (χ0n) is 14.3. The van der Waals surface area contributed by atoms with E-state index in [4.69, 9.17) is 0 Å². The third-order valence-electron chi connectivity index (χ3n) is 6.12. The lowest BCUT2D eigenvalue weighted by Crippen LogP contribution is -2.54. The van der Waals surface area contributed by atoms with Gasteiger partial charge in [0, 0.05) is 6.04 Å². The van der Waals surface area contributed by atoms with Crippen molar-refractivity contribution in [2.45, 2.75) is 75.9 Å². The molecule has 23 heavy (non-hydrogen) atoms. The number of nitrogens with one attached hydrogen (secondary N) is 2. The van der Waals surface area contributed by atoms with Crippen molar-refractivity contribution in [1.82, 2.24) is 15.5 Å². The van der Waals surface area contributed by atoms with Gasteiger partial charge in [0.15, 0.2) is 0 Å². The van der Waals surface area contributed by atoms with Crippen LogP contribution in [0.25, 0.3) is 0 Å². The number of likely N-dealkylation sites (tertiary alicyclic amines) is 1. The molecule has 0 spiro atoms. The second kappa shape index (κ2) is 8.45. The highest BCUT2D eigenvalue weighted by Crippen LogP contribution is 2.28. The number of hydrogen-bond donors (Lipinski definition) is 3. The molecule has 3 rings (SSSR count). The summed E-state index contributed by atoms with van der Waals surface area (Å²) in [6.07, 6.45) is 10.5. The Balaban J connectivity index is 1.56. The van der Waals surface area contributed by atoms with E-state index in [1.54, 1.807) is 0 Å². The van der Waals surface area contributed by atoms with Crippen molar-refractivity contribution in [1.29, 1.82) is 0 Å². The van der Waals surface area contributed by atoms with Gasteiger partial charge in [-0.05, 0) is 64.1 Å². The molecular weight excluding hydrogens is 290 g/mol. The van der Waals surface area contributed by atoms with Crippen LogP contribution >= 0.6 is 0 Å². The standard InChI is InChI=1S/C18H33N3O2/c22-13-16(14-5-2-1-3-6-14)20-18(23)17-7-4-12-21(17)15-8-10-19-11-9-15/h14-17,19,22H,1-13H2,(H,20,23)/t16-,17+/m1/s1. The minimum absolute atomic E-state index is 0.0238. The lowest BCUT2D eigenvalue weighted by Gasteiger charge is -2.36. The number of piperidine rings is 1. The van der Waals surface area contributed by atoms with Crippen molar-refractivity contribution in [2.75, 3.05) is 26.2 Å². The summed E-state index contributed by atoms with van der Waals surface area (Å²) < 4.78 is 0. The molecule has 0 bridgehead atoms. The van der Waals surface area contributed by atoms with Crippen molar-refractivity contribution in [3.8, 4) is 0 Å². The van der Waals surface area contributed by atoms with Gasteiger partial charge in [0.1, 0.15) is 0 Å². The van der Waals surface area contributed by atoms with E-state index in [0.717, 1.165) is 58.2 Å². The molecule has 2 heterocycles. The highest BCUT2D eigenvalue weighted by Gasteiger charge is 2.37. The molecule has 5 nitrogen and oxygen atoms in total. The van der Waals surface area contributed by atoms with Gasteiger partial charge in [-0.2, -0.15) is 0 Å². The molecule has 1 aliphatic carbocycles. The Morgan fingerprint density at radius 2 is 1.83 bits per heavy atom. The Morgan fingerprint density at radius 3 is 2.52 bits per heavy atom. The van der Waals surface area contributed by atoms with Gasteiger partial charge in [-0.25, -0.2) is 0 Å². The fourth-order valence-electron chi connectivity index (χ4n) is 4.77. The predicted molar refractivity (Wildman–Crippen MR) is 91.2 cm³/mol. The monoisotopic (exact) mass is 323 g/mol. The van der Waals surface area contributed by atoms with Crippen LogP contribution in [-0.4, -0.2) is 60.3 Å². The number of rotatable bonds is 5. The Morgan fingerprint density at radius 1 is 1.09 bits per heavy atom. The lowest BCUT2D eigenvalue weighted by molar-refractivity contribution is -0.128. The maximum absolute atomic E-state index is 12.8. The van der Waals surface area contributed by atoms with E-state index < -0.39 is 0 Å². The number of carbonyl (C=O) groups excluding carboxylic acids is 1. The summed E-state index contributed by atoms with van der Waals surface area (Å²) in [5.74, 6) is 0.622. The summed E-state index contributed by atoms with van der Waals surface area (Å²) in [5.41, 5.74) is 0. The molecule has 0 radical (unpaired) electrons. The molecule has 1 amide bonds. The average Bonchev–Trinajstić information content (AvgIpc) is 3.11. The molecule has 0 aromatic carbocycles. The highest BCUT2D eigenvalue weighted by atomic mass is 16.3. The molecule has 132 valence electrons. The van der Waals surface area contributed by atoms with Crippen LogP contribution in [0.2, 0.25) is 0 Å². The SMILES string of the molecule is O=C(N[C@H](CO)C1CCCCC1)[C@@H]1CCCN1C1CCNCC1. The molecule has 5 heteroatoms. The predicted octanol–water partition coefficient (Wildman–Crippen LogP) is 1.26. The van der Waals surface area contributed by atoms with Gasteiger partial charge in [0.25, 0.3) is 0 Å². The third-order valence-corrected chi connectivity index (χ3v) is 6.12. The van der Waals surface area contributed by atoms with Crippen LogP contribution in [-0.2, 0) is 4.79 Å². The Kier molecular flexibility index (Phi) is 6.31. The first-order valence-corrected chi connectivity index (χ1v) is 9.67. The number of carbonyl (C=O) groups is 1. The molecule has 2 aliphatic heterocycles. The summed E-state index contributed by atoms with van der Waals surface area (Å²) in [6.45, 7) is 3.26. The van der Waals surface area contributed by atoms with Crippen LogP contribution in [0, 0.1) is 5.92 Å². The van der Waals surface area contributed by atoms with Crippen LogP contribution in [0.1, 0.15) is 57.8 Å². The topological polar surface area (TPSA) is 64.6 Å². The molecular formula is C18H33N3O2. The minimum atomic E-state index is -0.0433. The van der Waals surface area contributed by atoms with Gasteiger partial charge >= 0.3 is 0 Å². The summed E-state index contributed by atoms with van der Waals surface area (Å²) in [4.78, 5) is 15.3. The maximum atomic E-state index is 12.8. The zero-order chi connectivity index (χ0) is 16.1. The highest BCUT2D eigenvalue weighted by molar-refractivity contribution is 5.82. The van der Waals surface area contributed by atoms with Crippen LogP contribution < -0.4 is 10.6 Å². The van der Waals surface area contributed by atoms with Crippen molar-refractivity contribution in [3.63, 3.8) is 0 Å². The van der Waals surface area contributed by atoms with Gasteiger partial charge < -0.3 is 15.7 Å². The Hall–Kier alpha value is -0.650. The summed E-state index contributed by atoms with van der Waals surface area (Å²) >= 11 is 0. The largest absolute Gasteiger partial charge is 0.394 e. The second-order valence-corrected chi connectivity index (χ2v) is 7.57. The molecule has 0 aromatic heterocycles. The smallest absolute Gasteiger partial charge is 0.237 e. The number of aliphatic hydroxyl groups excluding tert-OH is 1. The quantitative estimate of drug-likeness (QED) is 0.713. The zero-order valence-corrected chi connectivity index (χ0v) is 14.3. The van der Waals surface area contributed by atoms with Crippen molar-refractivity contribution in [3.05, 3.63) is 0 Å². The van der Waals surface area contributed by atoms with E-state index in [0.29, 0.717) is 12.0 Å². The summed E-state index contributed by atoms with van der Waals surface area (Å²) in [7, 11) is 0. The normalized spacial score (nSPS) is 29.5. The fraction of sp³-hybridized carbons (Fsp3) is 0.944. The molecule has 3 aliphatic rings. The van der Waals surface area contributed by atoms with E-state index in [1.807, 2.05) is 0 Å². The van der Waals surface area contributed by atoms with E-state index in [9.17, 15) is 9.90 Å². The van der Waals surface area contributed by atoms with Gasteiger partial charge in [0.2, 0.25) is 5.91 Å². The molecule has 2 atom stereocenters. The molecule has 0 aromatic rings. The van der Waals surface area contributed by atoms with Gasteiger partial charge in [0.05, 0.1) is 18.7 Å². The lowest BCUT2D eigenvalue weighted by atomic mass is 9.84. The van der Waals surface area contributed by atoms with E-state index in [2.05, 4.69) is 15.5 Å². The van der Waals surface area contributed by atoms with Gasteiger partial charge in [-0.15, -0.1) is 0 Å². The Bertz CT molecular complexity index is 378. The van der Waals surface area contributed by atoms with Crippen molar-refractivity contribution in [2.24, 2.45) is 5.92 Å². The first kappa shape index (κ1) is 17.2. The van der Waals surface area contributed by atoms with Crippen LogP contribution in [0.3, 0.4) is 0 Å². The molecule has 1 saturated carbocycles. The molecule has 2 saturated heterocycles. The summed E-state index contributed by atoms with van der Waals surface area (Å²) in [6, 6.07) is 0.533. The average molecular weight is 323 g/mol. The molecule has 3 N–H and O–H groups in total. The van der Waals surface area contributed by atoms with E-state index in [1.165, 1.54) is 19.3 Å². The Labute approximate surface area is 140 Å². The number of amides is 1. The second-order valence-electron chi connectivity index (χ2n) is 7.57. The maximum Gasteiger partial charge on any atom is 0.237 e. The van der Waals surface area contributed by atoms with Gasteiger partial charge in [-0.1, -0.05) is 19.3 Å². The van der Waals surface area contributed by atoms with E-state index in [-0.39, 0.29) is 24.6 Å². The number of aliphatic hydroxyl groups is 1.